The second-order valence-corrected chi connectivity index (χ2v) is 18.0. The van der Waals surface area contributed by atoms with Gasteiger partial charge in [0, 0.05) is 56.7 Å². The molecule has 254 valence electrons. The van der Waals surface area contributed by atoms with Gasteiger partial charge in [0.2, 0.25) is 5.95 Å². The van der Waals surface area contributed by atoms with E-state index in [1.165, 1.54) is 6.20 Å². The van der Waals surface area contributed by atoms with Crippen molar-refractivity contribution in [2.24, 2.45) is 0 Å². The van der Waals surface area contributed by atoms with Crippen molar-refractivity contribution >= 4 is 99.3 Å². The maximum atomic E-state index is 12.9. The monoisotopic (exact) mass is 742 g/mol. The van der Waals surface area contributed by atoms with E-state index in [4.69, 9.17) is 51.1 Å². The van der Waals surface area contributed by atoms with Crippen molar-refractivity contribution < 1.29 is 14.1 Å². The molecule has 0 spiro atoms. The summed E-state index contributed by atoms with van der Waals surface area (Å²) in [6.45, 7) is 9.23. The zero-order valence-electron chi connectivity index (χ0n) is 26.7. The van der Waals surface area contributed by atoms with E-state index in [1.807, 2.05) is 30.3 Å². The Morgan fingerprint density at radius 1 is 0.979 bits per heavy atom. The van der Waals surface area contributed by atoms with Crippen LogP contribution in [0.5, 0.6) is 5.75 Å². The van der Waals surface area contributed by atoms with Crippen LogP contribution >= 0.6 is 53.5 Å². The summed E-state index contributed by atoms with van der Waals surface area (Å²) in [7, 11) is 1.12. The number of ether oxygens (including phenoxy) is 1. The lowest BCUT2D eigenvalue weighted by Gasteiger charge is -2.43. The van der Waals surface area contributed by atoms with E-state index in [0.29, 0.717) is 40.0 Å². The Bertz CT molecular complexity index is 1640. The maximum absolute atomic E-state index is 12.9. The van der Waals surface area contributed by atoms with Gasteiger partial charge in [-0.3, -0.25) is 9.69 Å². The van der Waals surface area contributed by atoms with Crippen molar-refractivity contribution in [3.63, 3.8) is 0 Å². The fourth-order valence-electron chi connectivity index (χ4n) is 5.86. The summed E-state index contributed by atoms with van der Waals surface area (Å²) < 4.78 is 16.5. The number of nitrogens with one attached hydrogen (secondary N) is 3. The number of para-hydroxylation sites is 1. The molecule has 1 amide bonds. The first kappa shape index (κ1) is 35.8. The standard InChI is InChI=1S/C31H39Cl4N8O3P/c1-41-13-15-42(16-14-41)20-9-11-43(12-10-20)25-18-26(46-2)24(17-23(25)38-29(44)31(33,34)35)39-30-36-19-21(32)28(40-30)37-22-7-5-6-8-27(22)47(3,4)45/h5-8,17-20H,9-16H2,1-4H3,(H,38,44)(H2,36,37,39,40). The normalized spacial score (nSPS) is 17.0. The van der Waals surface area contributed by atoms with Crippen LogP contribution in [-0.4, -0.2) is 102 Å². The van der Waals surface area contributed by atoms with Gasteiger partial charge in [0.1, 0.15) is 17.9 Å². The average Bonchev–Trinajstić information content (AvgIpc) is 3.02. The highest BCUT2D eigenvalue weighted by atomic mass is 35.6. The van der Waals surface area contributed by atoms with E-state index in [-0.39, 0.29) is 11.0 Å². The van der Waals surface area contributed by atoms with E-state index in [9.17, 15) is 9.36 Å². The number of nitrogens with zero attached hydrogens (tertiary/aromatic N) is 5. The van der Waals surface area contributed by atoms with Crippen LogP contribution in [0, 0.1) is 0 Å². The number of rotatable bonds is 9. The van der Waals surface area contributed by atoms with Crippen LogP contribution in [-0.2, 0) is 9.36 Å². The molecule has 3 N–H and O–H groups in total. The summed E-state index contributed by atoms with van der Waals surface area (Å²) in [5.74, 6) is 0.213. The molecule has 0 aliphatic carbocycles. The number of likely N-dealkylation sites (N-methyl/N-ethyl adjacent to an activating group) is 1. The summed E-state index contributed by atoms with van der Waals surface area (Å²) >= 11 is 24.3. The molecule has 3 aromatic rings. The average molecular weight is 744 g/mol. The highest BCUT2D eigenvalue weighted by Crippen LogP contribution is 2.42. The molecular formula is C31H39Cl4N8O3P. The van der Waals surface area contributed by atoms with E-state index < -0.39 is 16.8 Å². The zero-order chi connectivity index (χ0) is 33.9. The van der Waals surface area contributed by atoms with Gasteiger partial charge in [0.15, 0.2) is 5.82 Å². The van der Waals surface area contributed by atoms with E-state index in [2.05, 4.69) is 47.7 Å². The van der Waals surface area contributed by atoms with Gasteiger partial charge < -0.3 is 35.1 Å². The molecular weight excluding hydrogens is 705 g/mol. The molecule has 5 rings (SSSR count). The third kappa shape index (κ3) is 8.95. The molecule has 2 fully saturated rings. The molecule has 2 aliphatic rings. The van der Waals surface area contributed by atoms with Crippen molar-refractivity contribution in [3.8, 4) is 5.75 Å². The Balaban J connectivity index is 1.42. The Morgan fingerprint density at radius 3 is 2.30 bits per heavy atom. The number of benzene rings is 2. The molecule has 16 heteroatoms. The Labute approximate surface area is 295 Å². The molecule has 2 saturated heterocycles. The van der Waals surface area contributed by atoms with Gasteiger partial charge in [-0.2, -0.15) is 4.98 Å². The SMILES string of the molecule is COc1cc(N2CCC(N3CCN(C)CC3)CC2)c(NC(=O)C(Cl)(Cl)Cl)cc1Nc1ncc(Cl)c(Nc2ccccc2P(C)(C)=O)n1. The van der Waals surface area contributed by atoms with Gasteiger partial charge in [-0.1, -0.05) is 58.5 Å². The quantitative estimate of drug-likeness (QED) is 0.168. The number of halogens is 4. The number of methoxy groups -OCH3 is 1. The number of alkyl halides is 3. The molecule has 0 saturated carbocycles. The molecule has 3 heterocycles. The van der Waals surface area contributed by atoms with Crippen LogP contribution in [0.15, 0.2) is 42.6 Å². The van der Waals surface area contributed by atoms with Gasteiger partial charge in [0.05, 0.1) is 36.1 Å². The minimum atomic E-state index is -2.60. The number of hydrogen-bond donors (Lipinski definition) is 3. The highest BCUT2D eigenvalue weighted by molar-refractivity contribution is 7.70. The van der Waals surface area contributed by atoms with E-state index in [1.54, 1.807) is 26.5 Å². The third-order valence-corrected chi connectivity index (χ3v) is 10.8. The van der Waals surface area contributed by atoms with Crippen molar-refractivity contribution in [1.82, 2.24) is 19.8 Å². The number of amides is 1. The molecule has 1 aromatic heterocycles. The summed E-state index contributed by atoms with van der Waals surface area (Å²) in [5, 5.41) is 10.1. The second-order valence-electron chi connectivity index (χ2n) is 12.1. The predicted molar refractivity (Wildman–Crippen MR) is 195 cm³/mol. The number of piperidine rings is 1. The summed E-state index contributed by atoms with van der Waals surface area (Å²) in [4.78, 5) is 29.0. The van der Waals surface area contributed by atoms with Crippen LogP contribution < -0.4 is 30.9 Å². The fraction of sp³-hybridized carbons (Fsp3) is 0.452. The number of anilines is 6. The van der Waals surface area contributed by atoms with Gasteiger partial charge in [-0.05, 0) is 51.4 Å². The van der Waals surface area contributed by atoms with Crippen molar-refractivity contribution in [1.29, 1.82) is 0 Å². The number of aromatic nitrogens is 2. The fourth-order valence-corrected chi connectivity index (χ4v) is 7.30. The molecule has 11 nitrogen and oxygen atoms in total. The van der Waals surface area contributed by atoms with Gasteiger partial charge in [0.25, 0.3) is 9.70 Å². The Hall–Kier alpha value is -2.50. The smallest absolute Gasteiger partial charge is 0.276 e. The molecule has 0 bridgehead atoms. The first-order valence-electron chi connectivity index (χ1n) is 15.2. The third-order valence-electron chi connectivity index (χ3n) is 8.41. The van der Waals surface area contributed by atoms with Gasteiger partial charge in [-0.15, -0.1) is 0 Å². The number of carbonyl (C=O) groups excluding carboxylic acids is 1. The zero-order valence-corrected chi connectivity index (χ0v) is 30.6. The molecule has 0 atom stereocenters. The van der Waals surface area contributed by atoms with Crippen LogP contribution in [0.4, 0.5) is 34.5 Å². The lowest BCUT2D eigenvalue weighted by molar-refractivity contribution is -0.115. The topological polar surface area (TPSA) is 115 Å². The van der Waals surface area contributed by atoms with Crippen molar-refractivity contribution in [3.05, 3.63) is 47.6 Å². The number of piperazine rings is 1. The van der Waals surface area contributed by atoms with Crippen LogP contribution in [0.1, 0.15) is 12.8 Å². The van der Waals surface area contributed by atoms with Crippen molar-refractivity contribution in [2.45, 2.75) is 22.7 Å². The second kappa shape index (κ2) is 14.9. The van der Waals surface area contributed by atoms with E-state index in [0.717, 1.165) is 57.8 Å². The van der Waals surface area contributed by atoms with Crippen LogP contribution in [0.25, 0.3) is 0 Å². The summed E-state index contributed by atoms with van der Waals surface area (Å²) in [5.41, 5.74) is 2.27. The first-order valence-corrected chi connectivity index (χ1v) is 19.3. The Morgan fingerprint density at radius 2 is 1.66 bits per heavy atom. The largest absolute Gasteiger partial charge is 0.494 e. The van der Waals surface area contributed by atoms with Crippen LogP contribution in [0.2, 0.25) is 5.02 Å². The number of hydrogen-bond acceptors (Lipinski definition) is 10. The first-order chi connectivity index (χ1) is 22.2. The minimum absolute atomic E-state index is 0.197. The summed E-state index contributed by atoms with van der Waals surface area (Å²) in [6.07, 6.45) is 3.41. The highest BCUT2D eigenvalue weighted by Gasteiger charge is 2.33. The molecule has 2 aliphatic heterocycles. The number of carbonyl (C=O) groups is 1. The van der Waals surface area contributed by atoms with E-state index >= 15 is 0 Å². The lowest BCUT2D eigenvalue weighted by Crippen LogP contribution is -2.52. The maximum Gasteiger partial charge on any atom is 0.276 e. The van der Waals surface area contributed by atoms with Gasteiger partial charge >= 0.3 is 0 Å². The summed E-state index contributed by atoms with van der Waals surface area (Å²) in [6, 6.07) is 11.4. The molecule has 2 aromatic carbocycles. The van der Waals surface area contributed by atoms with Crippen molar-refractivity contribution in [2.75, 3.05) is 87.6 Å². The Kier molecular flexibility index (Phi) is 11.4. The van der Waals surface area contributed by atoms with Gasteiger partial charge in [-0.25, -0.2) is 4.98 Å². The predicted octanol–water partition coefficient (Wildman–Crippen LogP) is 6.40. The molecule has 0 radical (unpaired) electrons. The molecule has 0 unspecified atom stereocenters. The minimum Gasteiger partial charge on any atom is -0.494 e. The van der Waals surface area contributed by atoms with Crippen LogP contribution in [0.3, 0.4) is 0 Å². The molecule has 47 heavy (non-hydrogen) atoms. The lowest BCUT2D eigenvalue weighted by atomic mass is 10.0.